The van der Waals surface area contributed by atoms with E-state index < -0.39 is 15.8 Å². The highest BCUT2D eigenvalue weighted by molar-refractivity contribution is 7.88. The summed E-state index contributed by atoms with van der Waals surface area (Å²) in [4.78, 5) is 17.2. The Morgan fingerprint density at radius 2 is 1.83 bits per heavy atom. The third kappa shape index (κ3) is 5.65. The van der Waals surface area contributed by atoms with Gasteiger partial charge >= 0.3 is 0 Å². The van der Waals surface area contributed by atoms with Crippen molar-refractivity contribution in [2.24, 2.45) is 0 Å². The number of H-pyrrole nitrogens is 2. The number of aromatic amines is 2. The Balaban J connectivity index is 1.40. The van der Waals surface area contributed by atoms with Crippen molar-refractivity contribution in [3.05, 3.63) is 78.5 Å². The van der Waals surface area contributed by atoms with Gasteiger partial charge in [0.25, 0.3) is 0 Å². The van der Waals surface area contributed by atoms with Crippen LogP contribution in [0.2, 0.25) is 0 Å². The number of hydrogen-bond acceptors (Lipinski definition) is 7. The predicted molar refractivity (Wildman–Crippen MR) is 158 cm³/mol. The molecule has 1 aromatic carbocycles. The lowest BCUT2D eigenvalue weighted by atomic mass is 10.0. The summed E-state index contributed by atoms with van der Waals surface area (Å²) in [7, 11) is -3.43. The zero-order valence-electron chi connectivity index (χ0n) is 22.5. The van der Waals surface area contributed by atoms with Gasteiger partial charge in [-0.15, -0.1) is 0 Å². The third-order valence-electron chi connectivity index (χ3n) is 6.47. The Labute approximate surface area is 235 Å². The second-order valence-corrected chi connectivity index (χ2v) is 12.0. The van der Waals surface area contributed by atoms with Crippen LogP contribution in [-0.2, 0) is 16.6 Å². The van der Waals surface area contributed by atoms with Gasteiger partial charge in [-0.2, -0.15) is 5.10 Å². The molecule has 4 N–H and O–H groups in total. The zero-order chi connectivity index (χ0) is 28.7. The van der Waals surface area contributed by atoms with Crippen LogP contribution in [0.25, 0.3) is 55.8 Å². The summed E-state index contributed by atoms with van der Waals surface area (Å²) >= 11 is 0. The van der Waals surface area contributed by atoms with Crippen molar-refractivity contribution < 1.29 is 12.8 Å². The first-order chi connectivity index (χ1) is 19.6. The summed E-state index contributed by atoms with van der Waals surface area (Å²) < 4.78 is 40.0. The second kappa shape index (κ2) is 10.4. The van der Waals surface area contributed by atoms with Crippen LogP contribution >= 0.6 is 0 Å². The second-order valence-electron chi connectivity index (χ2n) is 10.2. The molecular formula is C29H27FN8O2S. The highest BCUT2D eigenvalue weighted by Gasteiger charge is 2.17. The Morgan fingerprint density at radius 3 is 2.63 bits per heavy atom. The van der Waals surface area contributed by atoms with Crippen molar-refractivity contribution in [1.29, 1.82) is 0 Å². The normalized spacial score (nSPS) is 12.0. The number of sulfonamides is 1. The number of pyridine rings is 3. The number of aromatic nitrogens is 6. The molecule has 0 amide bonds. The third-order valence-corrected chi connectivity index (χ3v) is 7.14. The molecule has 41 heavy (non-hydrogen) atoms. The largest absolute Gasteiger partial charge is 0.382 e. The highest BCUT2D eigenvalue weighted by atomic mass is 32.2. The standard InChI is InChI=1S/C29H27FN8O2S/c1-16(2)34-21-11-19(14-31-15-21)23-4-5-25-28(36-23)29(38-37-25)26-12-22-24(35-26)6-7-32-27(22)18-8-17(9-20(30)10-18)13-33-41(3,39)40/h4-12,14-16,33-35H,13H2,1-3H3,(H,37,38). The fraction of sp³-hybridized carbons (Fsp3) is 0.172. The van der Waals surface area contributed by atoms with Gasteiger partial charge in [0, 0.05) is 53.2 Å². The smallest absolute Gasteiger partial charge is 0.209 e. The molecule has 6 rings (SSSR count). The zero-order valence-corrected chi connectivity index (χ0v) is 23.3. The van der Waals surface area contributed by atoms with Gasteiger partial charge in [0.15, 0.2) is 0 Å². The Bertz CT molecular complexity index is 2020. The Kier molecular flexibility index (Phi) is 6.72. The molecule has 0 unspecified atom stereocenters. The van der Waals surface area contributed by atoms with Gasteiger partial charge in [-0.1, -0.05) is 0 Å². The SMILES string of the molecule is CC(C)Nc1cncc(-c2ccc3[nH]nc(-c4cc5c(-c6cc(F)cc(CNS(C)(=O)=O)c6)nccc5[nH]4)c3n2)c1. The van der Waals surface area contributed by atoms with Gasteiger partial charge in [0.1, 0.15) is 17.0 Å². The molecular weight excluding hydrogens is 543 g/mol. The van der Waals surface area contributed by atoms with Gasteiger partial charge < -0.3 is 10.3 Å². The van der Waals surface area contributed by atoms with Gasteiger partial charge in [0.05, 0.1) is 34.5 Å². The number of nitrogens with zero attached hydrogens (tertiary/aromatic N) is 4. The average Bonchev–Trinajstić information content (AvgIpc) is 3.54. The molecule has 0 aliphatic carbocycles. The molecule has 5 heterocycles. The highest BCUT2D eigenvalue weighted by Crippen LogP contribution is 2.34. The molecule has 0 aliphatic heterocycles. The van der Waals surface area contributed by atoms with E-state index >= 15 is 0 Å². The molecule has 208 valence electrons. The topological polar surface area (TPSA) is 141 Å². The first kappa shape index (κ1) is 26.5. The van der Waals surface area contributed by atoms with Crippen molar-refractivity contribution >= 4 is 37.6 Å². The quantitative estimate of drug-likeness (QED) is 0.196. The van der Waals surface area contributed by atoms with Crippen LogP contribution in [0.5, 0.6) is 0 Å². The fourth-order valence-corrected chi connectivity index (χ4v) is 5.18. The lowest BCUT2D eigenvalue weighted by molar-refractivity contribution is 0.586. The van der Waals surface area contributed by atoms with Crippen LogP contribution in [0.3, 0.4) is 0 Å². The van der Waals surface area contributed by atoms with E-state index in [1.54, 1.807) is 24.7 Å². The van der Waals surface area contributed by atoms with Crippen molar-refractivity contribution in [2.45, 2.75) is 26.4 Å². The first-order valence-corrected chi connectivity index (χ1v) is 14.8. The summed E-state index contributed by atoms with van der Waals surface area (Å²) in [5, 5.41) is 11.7. The van der Waals surface area contributed by atoms with E-state index in [1.807, 2.05) is 30.3 Å². The number of fused-ring (bicyclic) bond motifs is 2. The molecule has 0 spiro atoms. The maximum atomic E-state index is 14.6. The van der Waals surface area contributed by atoms with E-state index in [0.717, 1.165) is 39.6 Å². The summed E-state index contributed by atoms with van der Waals surface area (Å²) in [5.74, 6) is -0.487. The van der Waals surface area contributed by atoms with Crippen molar-refractivity contribution in [3.63, 3.8) is 0 Å². The molecule has 0 saturated carbocycles. The molecule has 10 nitrogen and oxygen atoms in total. The minimum absolute atomic E-state index is 0.0306. The summed E-state index contributed by atoms with van der Waals surface area (Å²) in [6.07, 6.45) is 6.26. The van der Waals surface area contributed by atoms with Crippen molar-refractivity contribution in [3.8, 4) is 33.9 Å². The minimum atomic E-state index is -3.43. The number of hydrogen-bond donors (Lipinski definition) is 4. The maximum Gasteiger partial charge on any atom is 0.209 e. The lowest BCUT2D eigenvalue weighted by Crippen LogP contribution is -2.21. The fourth-order valence-electron chi connectivity index (χ4n) is 4.75. The van der Waals surface area contributed by atoms with E-state index in [2.05, 4.69) is 49.0 Å². The van der Waals surface area contributed by atoms with Crippen LogP contribution in [0.15, 0.2) is 67.1 Å². The van der Waals surface area contributed by atoms with Crippen molar-refractivity contribution in [1.82, 2.24) is 34.9 Å². The molecule has 0 bridgehead atoms. The Hall–Kier alpha value is -4.68. The molecule has 5 aromatic heterocycles. The number of halogens is 1. The van der Waals surface area contributed by atoms with E-state index in [1.165, 1.54) is 12.1 Å². The lowest BCUT2D eigenvalue weighted by Gasteiger charge is -2.10. The van der Waals surface area contributed by atoms with Gasteiger partial charge in [-0.05, 0) is 67.9 Å². The molecule has 0 aliphatic rings. The molecule has 0 saturated heterocycles. The first-order valence-electron chi connectivity index (χ1n) is 12.9. The van der Waals surface area contributed by atoms with Gasteiger partial charge in [0.2, 0.25) is 10.0 Å². The number of rotatable bonds is 8. The molecule has 0 atom stereocenters. The molecule has 0 fully saturated rings. The average molecular weight is 571 g/mol. The van der Waals surface area contributed by atoms with Crippen LogP contribution in [0.1, 0.15) is 19.4 Å². The van der Waals surface area contributed by atoms with E-state index in [0.29, 0.717) is 33.7 Å². The monoisotopic (exact) mass is 570 g/mol. The molecule has 12 heteroatoms. The van der Waals surface area contributed by atoms with Crippen LogP contribution in [0, 0.1) is 5.82 Å². The van der Waals surface area contributed by atoms with E-state index in [4.69, 9.17) is 4.98 Å². The summed E-state index contributed by atoms with van der Waals surface area (Å²) in [5.41, 5.74) is 7.71. The van der Waals surface area contributed by atoms with Crippen molar-refractivity contribution in [2.75, 3.05) is 11.6 Å². The van der Waals surface area contributed by atoms with Crippen LogP contribution in [-0.4, -0.2) is 50.8 Å². The van der Waals surface area contributed by atoms with Gasteiger partial charge in [-0.25, -0.2) is 22.5 Å². The number of nitrogens with one attached hydrogen (secondary N) is 4. The maximum absolute atomic E-state index is 14.6. The van der Waals surface area contributed by atoms with Crippen LogP contribution < -0.4 is 10.0 Å². The van der Waals surface area contributed by atoms with E-state index in [9.17, 15) is 12.8 Å². The molecule has 6 aromatic rings. The Morgan fingerprint density at radius 1 is 0.976 bits per heavy atom. The molecule has 0 radical (unpaired) electrons. The minimum Gasteiger partial charge on any atom is -0.382 e. The van der Waals surface area contributed by atoms with Crippen LogP contribution in [0.4, 0.5) is 10.1 Å². The number of benzene rings is 1. The summed E-state index contributed by atoms with van der Waals surface area (Å²) in [6, 6.07) is 14.3. The van der Waals surface area contributed by atoms with Gasteiger partial charge in [-0.3, -0.25) is 15.1 Å². The number of anilines is 1. The van der Waals surface area contributed by atoms with E-state index in [-0.39, 0.29) is 12.6 Å². The predicted octanol–water partition coefficient (Wildman–Crippen LogP) is 5.24. The summed E-state index contributed by atoms with van der Waals surface area (Å²) in [6.45, 7) is 4.11.